The number of para-hydroxylation sites is 1. The van der Waals surface area contributed by atoms with Gasteiger partial charge in [0.05, 0.1) is 12.7 Å². The highest BCUT2D eigenvalue weighted by Crippen LogP contribution is 2.27. The van der Waals surface area contributed by atoms with Crippen LogP contribution in [0.5, 0.6) is 0 Å². The molecule has 1 N–H and O–H groups in total. The molecule has 0 amide bonds. The third-order valence-electron chi connectivity index (χ3n) is 3.65. The molecule has 0 aromatic heterocycles. The molecule has 0 spiro atoms. The van der Waals surface area contributed by atoms with Crippen LogP contribution in [0, 0.1) is 0 Å². The van der Waals surface area contributed by atoms with Crippen LogP contribution in [-0.2, 0) is 17.7 Å². The Morgan fingerprint density at radius 2 is 2.41 bits per heavy atom. The average Bonchev–Trinajstić information content (AvgIpc) is 2.78. The summed E-state index contributed by atoms with van der Waals surface area (Å²) in [5, 5.41) is 3.51. The van der Waals surface area contributed by atoms with E-state index in [2.05, 4.69) is 35.3 Å². The molecule has 1 aromatic rings. The number of hydrogen-bond acceptors (Lipinski definition) is 3. The van der Waals surface area contributed by atoms with Gasteiger partial charge in [-0.3, -0.25) is 4.90 Å². The molecule has 3 rings (SSSR count). The number of morpholine rings is 1. The first-order chi connectivity index (χ1) is 8.33. The minimum atomic E-state index is 0.369. The second-order valence-corrected chi connectivity index (χ2v) is 5.04. The number of anilines is 1. The molecule has 2 heterocycles. The summed E-state index contributed by atoms with van der Waals surface area (Å²) in [5.41, 5.74) is 4.30. The third-order valence-corrected chi connectivity index (χ3v) is 3.65. The zero-order valence-corrected chi connectivity index (χ0v) is 10.4. The second kappa shape index (κ2) is 4.67. The van der Waals surface area contributed by atoms with Crippen molar-refractivity contribution < 1.29 is 4.74 Å². The predicted molar refractivity (Wildman–Crippen MR) is 69.3 cm³/mol. The van der Waals surface area contributed by atoms with Gasteiger partial charge in [0.15, 0.2) is 0 Å². The molecule has 1 fully saturated rings. The van der Waals surface area contributed by atoms with E-state index in [4.69, 9.17) is 4.74 Å². The minimum Gasteiger partial charge on any atom is -0.384 e. The zero-order chi connectivity index (χ0) is 11.7. The Morgan fingerprint density at radius 1 is 1.47 bits per heavy atom. The van der Waals surface area contributed by atoms with Gasteiger partial charge in [0.1, 0.15) is 0 Å². The van der Waals surface area contributed by atoms with Gasteiger partial charge in [-0.25, -0.2) is 0 Å². The van der Waals surface area contributed by atoms with Crippen molar-refractivity contribution in [3.8, 4) is 0 Å². The molecule has 1 saturated heterocycles. The van der Waals surface area contributed by atoms with Gasteiger partial charge < -0.3 is 10.1 Å². The largest absolute Gasteiger partial charge is 0.384 e. The fourth-order valence-electron chi connectivity index (χ4n) is 2.82. The van der Waals surface area contributed by atoms with Crippen molar-refractivity contribution in [3.63, 3.8) is 0 Å². The Bertz CT molecular complexity index is 405. The van der Waals surface area contributed by atoms with E-state index in [1.165, 1.54) is 23.2 Å². The van der Waals surface area contributed by atoms with Crippen molar-refractivity contribution in [2.45, 2.75) is 26.0 Å². The molecular formula is C14H20N2O. The lowest BCUT2D eigenvalue weighted by Crippen LogP contribution is -2.40. The van der Waals surface area contributed by atoms with Crippen molar-refractivity contribution >= 4 is 5.69 Å². The molecule has 2 aliphatic rings. The predicted octanol–water partition coefficient (Wildman–Crippen LogP) is 1.88. The summed E-state index contributed by atoms with van der Waals surface area (Å²) in [4.78, 5) is 2.49. The normalized spacial score (nSPS) is 24.4. The highest BCUT2D eigenvalue weighted by Gasteiger charge is 2.19. The lowest BCUT2D eigenvalue weighted by Gasteiger charge is -2.31. The standard InChI is InChI=1S/C14H20N2O/c1-11-9-16(7-8-17-11)10-13-4-2-3-12-5-6-15-14(12)13/h2-4,11,15H,5-10H2,1H3. The molecule has 0 saturated carbocycles. The highest BCUT2D eigenvalue weighted by atomic mass is 16.5. The van der Waals surface area contributed by atoms with Gasteiger partial charge in [0.2, 0.25) is 0 Å². The number of fused-ring (bicyclic) bond motifs is 1. The summed E-state index contributed by atoms with van der Waals surface area (Å²) < 4.78 is 5.58. The number of nitrogens with zero attached hydrogens (tertiary/aromatic N) is 1. The summed E-state index contributed by atoms with van der Waals surface area (Å²) in [5.74, 6) is 0. The molecular weight excluding hydrogens is 212 g/mol. The maximum absolute atomic E-state index is 5.58. The lowest BCUT2D eigenvalue weighted by molar-refractivity contribution is -0.0211. The Balaban J connectivity index is 1.74. The van der Waals surface area contributed by atoms with Gasteiger partial charge in [-0.1, -0.05) is 18.2 Å². The van der Waals surface area contributed by atoms with Gasteiger partial charge in [0, 0.05) is 31.9 Å². The smallest absolute Gasteiger partial charge is 0.0674 e. The number of hydrogen-bond donors (Lipinski definition) is 1. The Hall–Kier alpha value is -1.06. The van der Waals surface area contributed by atoms with Crippen molar-refractivity contribution in [1.29, 1.82) is 0 Å². The fraction of sp³-hybridized carbons (Fsp3) is 0.571. The van der Waals surface area contributed by atoms with Crippen LogP contribution in [0.2, 0.25) is 0 Å². The van der Waals surface area contributed by atoms with E-state index in [0.717, 1.165) is 32.8 Å². The van der Waals surface area contributed by atoms with Crippen LogP contribution in [0.1, 0.15) is 18.1 Å². The first kappa shape index (κ1) is 11.1. The topological polar surface area (TPSA) is 24.5 Å². The molecule has 3 nitrogen and oxygen atoms in total. The maximum Gasteiger partial charge on any atom is 0.0674 e. The van der Waals surface area contributed by atoms with Crippen molar-refractivity contribution in [1.82, 2.24) is 4.90 Å². The first-order valence-corrected chi connectivity index (χ1v) is 6.51. The van der Waals surface area contributed by atoms with Crippen molar-refractivity contribution in [2.24, 2.45) is 0 Å². The molecule has 17 heavy (non-hydrogen) atoms. The van der Waals surface area contributed by atoms with Gasteiger partial charge in [0.25, 0.3) is 0 Å². The number of benzene rings is 1. The van der Waals surface area contributed by atoms with Crippen LogP contribution in [0.15, 0.2) is 18.2 Å². The van der Waals surface area contributed by atoms with Crippen LogP contribution in [0.25, 0.3) is 0 Å². The molecule has 0 bridgehead atoms. The van der Waals surface area contributed by atoms with Gasteiger partial charge in [-0.2, -0.15) is 0 Å². The van der Waals surface area contributed by atoms with E-state index in [0.29, 0.717) is 6.10 Å². The summed E-state index contributed by atoms with van der Waals surface area (Å²) in [6, 6.07) is 6.67. The first-order valence-electron chi connectivity index (χ1n) is 6.51. The second-order valence-electron chi connectivity index (χ2n) is 5.04. The van der Waals surface area contributed by atoms with Gasteiger partial charge in [-0.05, 0) is 24.5 Å². The molecule has 1 unspecified atom stereocenters. The molecule has 0 radical (unpaired) electrons. The van der Waals surface area contributed by atoms with Crippen molar-refractivity contribution in [3.05, 3.63) is 29.3 Å². The molecule has 1 aromatic carbocycles. The number of ether oxygens (including phenoxy) is 1. The summed E-state index contributed by atoms with van der Waals surface area (Å²) in [7, 11) is 0. The summed E-state index contributed by atoms with van der Waals surface area (Å²) in [6.45, 7) is 7.25. The van der Waals surface area contributed by atoms with Crippen molar-refractivity contribution in [2.75, 3.05) is 31.6 Å². The SMILES string of the molecule is CC1CN(Cc2cccc3c2NCC3)CCO1. The Kier molecular flexibility index (Phi) is 3.04. The minimum absolute atomic E-state index is 0.369. The van der Waals surface area contributed by atoms with Crippen LogP contribution >= 0.6 is 0 Å². The summed E-state index contributed by atoms with van der Waals surface area (Å²) in [6.07, 6.45) is 1.54. The number of rotatable bonds is 2. The highest BCUT2D eigenvalue weighted by molar-refractivity contribution is 5.61. The maximum atomic E-state index is 5.58. The van der Waals surface area contributed by atoms with Crippen LogP contribution in [-0.4, -0.2) is 37.2 Å². The van der Waals surface area contributed by atoms with Gasteiger partial charge >= 0.3 is 0 Å². The fourth-order valence-corrected chi connectivity index (χ4v) is 2.82. The molecule has 92 valence electrons. The van der Waals surface area contributed by atoms with E-state index in [9.17, 15) is 0 Å². The van der Waals surface area contributed by atoms with E-state index < -0.39 is 0 Å². The Labute approximate surface area is 103 Å². The quantitative estimate of drug-likeness (QED) is 0.842. The Morgan fingerprint density at radius 3 is 3.29 bits per heavy atom. The van der Waals surface area contributed by atoms with E-state index in [1.54, 1.807) is 0 Å². The summed E-state index contributed by atoms with van der Waals surface area (Å²) >= 11 is 0. The lowest BCUT2D eigenvalue weighted by atomic mass is 10.1. The third kappa shape index (κ3) is 2.31. The van der Waals surface area contributed by atoms with Crippen LogP contribution in [0.4, 0.5) is 5.69 Å². The van der Waals surface area contributed by atoms with E-state index in [-0.39, 0.29) is 0 Å². The van der Waals surface area contributed by atoms with Crippen LogP contribution < -0.4 is 5.32 Å². The molecule has 1 atom stereocenters. The van der Waals surface area contributed by atoms with Gasteiger partial charge in [-0.15, -0.1) is 0 Å². The van der Waals surface area contributed by atoms with Crippen LogP contribution in [0.3, 0.4) is 0 Å². The zero-order valence-electron chi connectivity index (χ0n) is 10.4. The van der Waals surface area contributed by atoms with E-state index >= 15 is 0 Å². The average molecular weight is 232 g/mol. The number of nitrogens with one attached hydrogen (secondary N) is 1. The monoisotopic (exact) mass is 232 g/mol. The van der Waals surface area contributed by atoms with E-state index in [1.807, 2.05) is 0 Å². The molecule has 2 aliphatic heterocycles. The molecule has 3 heteroatoms. The molecule has 0 aliphatic carbocycles.